The molecule has 7 heteroatoms. The molecule has 1 aliphatic rings. The first-order valence-corrected chi connectivity index (χ1v) is 5.02. The van der Waals surface area contributed by atoms with Crippen molar-refractivity contribution in [2.75, 3.05) is 0 Å². The third kappa shape index (κ3) is 1.77. The van der Waals surface area contributed by atoms with E-state index >= 15 is 0 Å². The molecule has 1 aromatic heterocycles. The molecule has 0 aromatic carbocycles. The van der Waals surface area contributed by atoms with E-state index in [1.165, 1.54) is 0 Å². The number of rotatable bonds is 4. The van der Waals surface area contributed by atoms with Crippen molar-refractivity contribution >= 4 is 5.69 Å². The molecule has 0 bridgehead atoms. The lowest BCUT2D eigenvalue weighted by Crippen LogP contribution is -2.13. The van der Waals surface area contributed by atoms with Crippen LogP contribution in [-0.4, -0.2) is 14.7 Å². The van der Waals surface area contributed by atoms with Gasteiger partial charge in [0.05, 0.1) is 11.0 Å². The van der Waals surface area contributed by atoms with Gasteiger partial charge in [0.2, 0.25) is 0 Å². The van der Waals surface area contributed by atoms with Gasteiger partial charge in [-0.1, -0.05) is 0 Å². The van der Waals surface area contributed by atoms with Gasteiger partial charge in [-0.25, -0.2) is 8.78 Å². The standard InChI is InChI=1S/C9H11F2N3O2/c1-5(6-2-3-6)13-8(9(10)11)7(4-12-13)14(15)16/h4-6,9H,2-3H2,1H3. The van der Waals surface area contributed by atoms with Crippen LogP contribution >= 0.6 is 0 Å². The van der Waals surface area contributed by atoms with Crippen molar-refractivity contribution in [1.29, 1.82) is 0 Å². The third-order valence-corrected chi connectivity index (χ3v) is 2.91. The van der Waals surface area contributed by atoms with Crippen LogP contribution in [0.2, 0.25) is 0 Å². The minimum Gasteiger partial charge on any atom is -0.258 e. The summed E-state index contributed by atoms with van der Waals surface area (Å²) in [5.41, 5.74) is -1.17. The second-order valence-corrected chi connectivity index (χ2v) is 4.00. The molecule has 0 aliphatic heterocycles. The van der Waals surface area contributed by atoms with Gasteiger partial charge in [0.1, 0.15) is 6.20 Å². The minimum absolute atomic E-state index is 0.197. The Hall–Kier alpha value is -1.53. The maximum absolute atomic E-state index is 12.8. The van der Waals surface area contributed by atoms with Crippen molar-refractivity contribution in [3.05, 3.63) is 22.0 Å². The Morgan fingerprint density at radius 1 is 1.62 bits per heavy atom. The zero-order chi connectivity index (χ0) is 11.9. The number of alkyl halides is 2. The molecule has 2 rings (SSSR count). The van der Waals surface area contributed by atoms with Gasteiger partial charge in [0.25, 0.3) is 6.43 Å². The smallest absolute Gasteiger partial charge is 0.258 e. The fourth-order valence-corrected chi connectivity index (χ4v) is 1.82. The zero-order valence-electron chi connectivity index (χ0n) is 8.64. The molecule has 0 spiro atoms. The van der Waals surface area contributed by atoms with Gasteiger partial charge < -0.3 is 0 Å². The lowest BCUT2D eigenvalue weighted by Gasteiger charge is -2.13. The highest BCUT2D eigenvalue weighted by molar-refractivity contribution is 5.34. The number of hydrogen-bond donors (Lipinski definition) is 0. The molecule has 1 unspecified atom stereocenters. The summed E-state index contributed by atoms with van der Waals surface area (Å²) in [5.74, 6) is 0.317. The minimum atomic E-state index is -2.87. The van der Waals surface area contributed by atoms with E-state index in [0.29, 0.717) is 5.92 Å². The van der Waals surface area contributed by atoms with Crippen molar-refractivity contribution in [3.63, 3.8) is 0 Å². The van der Waals surface area contributed by atoms with E-state index in [4.69, 9.17) is 0 Å². The molecular formula is C9H11F2N3O2. The van der Waals surface area contributed by atoms with Gasteiger partial charge in [-0.15, -0.1) is 0 Å². The van der Waals surface area contributed by atoms with Crippen molar-refractivity contribution in [3.8, 4) is 0 Å². The molecule has 1 aromatic rings. The monoisotopic (exact) mass is 231 g/mol. The summed E-state index contributed by atoms with van der Waals surface area (Å²) in [7, 11) is 0. The average molecular weight is 231 g/mol. The number of nitro groups is 1. The van der Waals surface area contributed by atoms with Gasteiger partial charge in [-0.3, -0.25) is 14.8 Å². The summed E-state index contributed by atoms with van der Waals surface area (Å²) in [6.45, 7) is 1.76. The van der Waals surface area contributed by atoms with E-state index in [1.54, 1.807) is 6.92 Å². The number of nitrogens with zero attached hydrogens (tertiary/aromatic N) is 3. The van der Waals surface area contributed by atoms with E-state index < -0.39 is 22.7 Å². The Balaban J connectivity index is 2.40. The van der Waals surface area contributed by atoms with Crippen LogP contribution in [0.5, 0.6) is 0 Å². The molecule has 0 N–H and O–H groups in total. The van der Waals surface area contributed by atoms with Crippen LogP contribution < -0.4 is 0 Å². The normalized spacial score (nSPS) is 17.8. The highest BCUT2D eigenvalue weighted by atomic mass is 19.3. The predicted octanol–water partition coefficient (Wildman–Crippen LogP) is 2.70. The molecular weight excluding hydrogens is 220 g/mol. The van der Waals surface area contributed by atoms with Crippen LogP contribution in [0.15, 0.2) is 6.20 Å². The Morgan fingerprint density at radius 2 is 2.25 bits per heavy atom. The molecule has 1 saturated carbocycles. The van der Waals surface area contributed by atoms with E-state index in [2.05, 4.69) is 5.10 Å². The van der Waals surface area contributed by atoms with E-state index in [-0.39, 0.29) is 6.04 Å². The van der Waals surface area contributed by atoms with Crippen LogP contribution in [0.25, 0.3) is 0 Å². The van der Waals surface area contributed by atoms with Gasteiger partial charge in [0.15, 0.2) is 5.69 Å². The fraction of sp³-hybridized carbons (Fsp3) is 0.667. The molecule has 1 atom stereocenters. The van der Waals surface area contributed by atoms with Gasteiger partial charge in [0, 0.05) is 0 Å². The average Bonchev–Trinajstić information content (AvgIpc) is 2.94. The summed E-state index contributed by atoms with van der Waals surface area (Å²) >= 11 is 0. The first kappa shape index (κ1) is 11.0. The quantitative estimate of drug-likeness (QED) is 0.591. The summed E-state index contributed by atoms with van der Waals surface area (Å²) in [6.07, 6.45) is -0.0286. The van der Waals surface area contributed by atoms with Crippen molar-refractivity contribution < 1.29 is 13.7 Å². The highest BCUT2D eigenvalue weighted by Crippen LogP contribution is 2.42. The summed E-state index contributed by atoms with van der Waals surface area (Å²) in [4.78, 5) is 9.75. The molecule has 5 nitrogen and oxygen atoms in total. The number of hydrogen-bond acceptors (Lipinski definition) is 3. The maximum atomic E-state index is 12.8. The largest absolute Gasteiger partial charge is 0.316 e. The first-order valence-electron chi connectivity index (χ1n) is 5.02. The second kappa shape index (κ2) is 3.80. The lowest BCUT2D eigenvalue weighted by atomic mass is 10.2. The van der Waals surface area contributed by atoms with Crippen molar-refractivity contribution in [2.24, 2.45) is 5.92 Å². The van der Waals surface area contributed by atoms with Crippen LogP contribution in [0.3, 0.4) is 0 Å². The van der Waals surface area contributed by atoms with Gasteiger partial charge in [-0.2, -0.15) is 5.10 Å². The maximum Gasteiger partial charge on any atom is 0.316 e. The number of halogens is 2. The van der Waals surface area contributed by atoms with E-state index in [1.807, 2.05) is 0 Å². The summed E-state index contributed by atoms with van der Waals surface area (Å²) in [6, 6.07) is -0.197. The van der Waals surface area contributed by atoms with Crippen molar-refractivity contribution in [1.82, 2.24) is 9.78 Å². The molecule has 1 heterocycles. The first-order chi connectivity index (χ1) is 7.52. The summed E-state index contributed by atoms with van der Waals surface area (Å²) in [5, 5.41) is 14.3. The van der Waals surface area contributed by atoms with Gasteiger partial charge in [-0.05, 0) is 25.7 Å². The Labute approximate surface area is 90.2 Å². The lowest BCUT2D eigenvalue weighted by molar-refractivity contribution is -0.386. The van der Waals surface area contributed by atoms with E-state index in [0.717, 1.165) is 23.7 Å². The van der Waals surface area contributed by atoms with E-state index in [9.17, 15) is 18.9 Å². The number of aromatic nitrogens is 2. The molecule has 16 heavy (non-hydrogen) atoms. The van der Waals surface area contributed by atoms with Gasteiger partial charge >= 0.3 is 5.69 Å². The summed E-state index contributed by atoms with van der Waals surface area (Å²) < 4.78 is 26.6. The molecule has 0 amide bonds. The molecule has 0 radical (unpaired) electrons. The fourth-order valence-electron chi connectivity index (χ4n) is 1.82. The Bertz CT molecular complexity index is 415. The zero-order valence-corrected chi connectivity index (χ0v) is 8.64. The van der Waals surface area contributed by atoms with Crippen molar-refractivity contribution in [2.45, 2.75) is 32.2 Å². The Morgan fingerprint density at radius 3 is 2.69 bits per heavy atom. The molecule has 1 fully saturated rings. The molecule has 88 valence electrons. The molecule has 1 aliphatic carbocycles. The molecule has 0 saturated heterocycles. The topological polar surface area (TPSA) is 61.0 Å². The van der Waals surface area contributed by atoms with Crippen LogP contribution in [0.4, 0.5) is 14.5 Å². The predicted molar refractivity (Wildman–Crippen MR) is 51.3 cm³/mol. The third-order valence-electron chi connectivity index (χ3n) is 2.91. The van der Waals surface area contributed by atoms with Crippen LogP contribution in [0, 0.1) is 16.0 Å². The second-order valence-electron chi connectivity index (χ2n) is 4.00. The highest BCUT2D eigenvalue weighted by Gasteiger charge is 2.36. The van der Waals surface area contributed by atoms with Crippen LogP contribution in [0.1, 0.15) is 37.9 Å². The Kier molecular flexibility index (Phi) is 2.61. The van der Waals surface area contributed by atoms with Crippen LogP contribution in [-0.2, 0) is 0 Å². The SMILES string of the molecule is CC(C1CC1)n1ncc([N+](=O)[O-])c1C(F)F.